The van der Waals surface area contributed by atoms with Crippen LogP contribution in [0.3, 0.4) is 0 Å². The van der Waals surface area contributed by atoms with Crippen LogP contribution in [0, 0.1) is 6.92 Å². The van der Waals surface area contributed by atoms with Crippen molar-refractivity contribution in [3.05, 3.63) is 52.1 Å². The normalized spacial score (nSPS) is 11.9. The molecule has 9 heteroatoms. The maximum atomic E-state index is 12.6. The Kier molecular flexibility index (Phi) is 5.30. The summed E-state index contributed by atoms with van der Waals surface area (Å²) in [6.45, 7) is 3.56. The van der Waals surface area contributed by atoms with Crippen LogP contribution in [0.5, 0.6) is 0 Å². The van der Waals surface area contributed by atoms with Gasteiger partial charge in [-0.1, -0.05) is 36.7 Å². The topological polar surface area (TPSA) is 127 Å². The Labute approximate surface area is 153 Å². The number of rotatable bonds is 6. The monoisotopic (exact) mass is 370 g/mol. The number of ether oxygens (including phenoxy) is 1. The van der Waals surface area contributed by atoms with Gasteiger partial charge in [-0.3, -0.25) is 9.59 Å². The second-order valence-corrected chi connectivity index (χ2v) is 5.94. The lowest BCUT2D eigenvalue weighted by Crippen LogP contribution is -2.33. The van der Waals surface area contributed by atoms with Gasteiger partial charge in [-0.15, -0.1) is 0 Å². The van der Waals surface area contributed by atoms with Gasteiger partial charge in [-0.25, -0.2) is 9.89 Å². The summed E-state index contributed by atoms with van der Waals surface area (Å²) >= 11 is 0. The van der Waals surface area contributed by atoms with E-state index in [2.05, 4.69) is 20.7 Å². The number of hydrogen-bond acceptors (Lipinski definition) is 7. The van der Waals surface area contributed by atoms with Crippen molar-refractivity contribution in [1.82, 2.24) is 15.4 Å². The van der Waals surface area contributed by atoms with Crippen molar-refractivity contribution < 1.29 is 18.8 Å². The number of aryl methyl sites for hydroxylation is 1. The van der Waals surface area contributed by atoms with E-state index >= 15 is 0 Å². The van der Waals surface area contributed by atoms with E-state index in [1.165, 1.54) is 0 Å². The molecule has 1 atom stereocenters. The summed E-state index contributed by atoms with van der Waals surface area (Å²) in [5, 5.41) is 13.0. The Morgan fingerprint density at radius 2 is 2.04 bits per heavy atom. The van der Waals surface area contributed by atoms with E-state index in [9.17, 15) is 14.4 Å². The van der Waals surface area contributed by atoms with E-state index in [1.54, 1.807) is 37.3 Å². The minimum absolute atomic E-state index is 0.0589. The number of nitrogens with zero attached hydrogens (tertiary/aromatic N) is 2. The second-order valence-electron chi connectivity index (χ2n) is 5.94. The number of nitrogens with one attached hydrogen (secondary N) is 2. The number of aromatic amines is 1. The van der Waals surface area contributed by atoms with Gasteiger partial charge in [-0.2, -0.15) is 5.10 Å². The van der Waals surface area contributed by atoms with E-state index in [0.29, 0.717) is 29.4 Å². The zero-order valence-corrected chi connectivity index (χ0v) is 14.8. The number of anilines is 1. The van der Waals surface area contributed by atoms with Crippen molar-refractivity contribution in [3.8, 4) is 0 Å². The Balaban J connectivity index is 1.82. The Morgan fingerprint density at radius 1 is 1.30 bits per heavy atom. The lowest BCUT2D eigenvalue weighted by Gasteiger charge is -2.16. The fraction of sp³-hybridized carbons (Fsp3) is 0.278. The standard InChI is InChI=1S/C18H18N4O5/c1-3-6-13(17(24)19-14-9-10(2)27-22-14)26-18(25)15-11-7-4-5-8-12(11)16(23)21-20-15/h4-5,7-9,13H,3,6H2,1-2H3,(H,21,23)(H,19,22,24)/t13-/m1/s1. The number of carbonyl (C=O) groups excluding carboxylic acids is 2. The minimum atomic E-state index is -1.04. The summed E-state index contributed by atoms with van der Waals surface area (Å²) in [5.41, 5.74) is -0.470. The van der Waals surface area contributed by atoms with Gasteiger partial charge in [-0.05, 0) is 19.4 Å². The highest BCUT2D eigenvalue weighted by Crippen LogP contribution is 2.16. The minimum Gasteiger partial charge on any atom is -0.447 e. The molecule has 0 aliphatic rings. The van der Waals surface area contributed by atoms with Crippen LogP contribution in [0.1, 0.15) is 36.0 Å². The molecule has 0 saturated carbocycles. The average molecular weight is 370 g/mol. The number of benzene rings is 1. The van der Waals surface area contributed by atoms with Gasteiger partial charge in [0.25, 0.3) is 11.5 Å². The summed E-state index contributed by atoms with van der Waals surface area (Å²) in [7, 11) is 0. The summed E-state index contributed by atoms with van der Waals surface area (Å²) < 4.78 is 10.3. The zero-order chi connectivity index (χ0) is 19.4. The third-order valence-electron chi connectivity index (χ3n) is 3.86. The molecule has 0 aliphatic carbocycles. The van der Waals surface area contributed by atoms with Crippen LogP contribution in [0.2, 0.25) is 0 Å². The molecule has 0 aliphatic heterocycles. The molecule has 0 bridgehead atoms. The van der Waals surface area contributed by atoms with Gasteiger partial charge in [0.05, 0.1) is 5.39 Å². The van der Waals surface area contributed by atoms with Crippen LogP contribution >= 0.6 is 0 Å². The van der Waals surface area contributed by atoms with E-state index in [4.69, 9.17) is 9.26 Å². The van der Waals surface area contributed by atoms with Crippen LogP contribution in [-0.4, -0.2) is 33.3 Å². The molecule has 9 nitrogen and oxygen atoms in total. The third-order valence-corrected chi connectivity index (χ3v) is 3.86. The molecule has 2 aromatic heterocycles. The highest BCUT2D eigenvalue weighted by Gasteiger charge is 2.26. The van der Waals surface area contributed by atoms with E-state index in [-0.39, 0.29) is 11.5 Å². The summed E-state index contributed by atoms with van der Waals surface area (Å²) in [5.74, 6) is -0.542. The first-order chi connectivity index (χ1) is 13.0. The molecule has 2 N–H and O–H groups in total. The van der Waals surface area contributed by atoms with Crippen molar-refractivity contribution in [2.24, 2.45) is 0 Å². The number of fused-ring (bicyclic) bond motifs is 1. The molecule has 140 valence electrons. The smallest absolute Gasteiger partial charge is 0.360 e. The van der Waals surface area contributed by atoms with E-state index in [0.717, 1.165) is 0 Å². The van der Waals surface area contributed by atoms with Crippen molar-refractivity contribution in [2.45, 2.75) is 32.8 Å². The average Bonchev–Trinajstić information content (AvgIpc) is 3.06. The van der Waals surface area contributed by atoms with Crippen molar-refractivity contribution in [3.63, 3.8) is 0 Å². The number of amides is 1. The van der Waals surface area contributed by atoms with Gasteiger partial charge in [0.1, 0.15) is 5.76 Å². The van der Waals surface area contributed by atoms with E-state index < -0.39 is 23.5 Å². The number of carbonyl (C=O) groups is 2. The van der Waals surface area contributed by atoms with Crippen LogP contribution in [0.25, 0.3) is 10.8 Å². The fourth-order valence-corrected chi connectivity index (χ4v) is 2.59. The van der Waals surface area contributed by atoms with Crippen LogP contribution in [0.15, 0.2) is 39.6 Å². The fourth-order valence-electron chi connectivity index (χ4n) is 2.59. The predicted octanol–water partition coefficient (Wildman–Crippen LogP) is 2.18. The Hall–Kier alpha value is -3.49. The molecule has 3 aromatic rings. The number of H-pyrrole nitrogens is 1. The summed E-state index contributed by atoms with van der Waals surface area (Å²) in [6.07, 6.45) is -0.106. The molecular weight excluding hydrogens is 352 g/mol. The second kappa shape index (κ2) is 7.81. The van der Waals surface area contributed by atoms with Gasteiger partial charge in [0, 0.05) is 11.5 Å². The molecule has 27 heavy (non-hydrogen) atoms. The largest absolute Gasteiger partial charge is 0.447 e. The lowest BCUT2D eigenvalue weighted by atomic mass is 10.1. The number of esters is 1. The van der Waals surface area contributed by atoms with Crippen molar-refractivity contribution in [2.75, 3.05) is 5.32 Å². The Morgan fingerprint density at radius 3 is 2.70 bits per heavy atom. The molecular formula is C18H18N4O5. The van der Waals surface area contributed by atoms with Crippen molar-refractivity contribution >= 4 is 28.5 Å². The molecule has 1 amide bonds. The summed E-state index contributed by atoms with van der Waals surface area (Å²) in [4.78, 5) is 36.9. The lowest BCUT2D eigenvalue weighted by molar-refractivity contribution is -0.125. The first-order valence-corrected chi connectivity index (χ1v) is 8.42. The molecule has 0 radical (unpaired) electrons. The van der Waals surface area contributed by atoms with Crippen LogP contribution in [0.4, 0.5) is 5.82 Å². The maximum absolute atomic E-state index is 12.6. The first-order valence-electron chi connectivity index (χ1n) is 8.42. The first kappa shape index (κ1) is 18.3. The highest BCUT2D eigenvalue weighted by atomic mass is 16.5. The number of hydrogen-bond donors (Lipinski definition) is 2. The predicted molar refractivity (Wildman–Crippen MR) is 96.3 cm³/mol. The molecule has 0 saturated heterocycles. The molecule has 0 fully saturated rings. The zero-order valence-electron chi connectivity index (χ0n) is 14.8. The van der Waals surface area contributed by atoms with Crippen molar-refractivity contribution in [1.29, 1.82) is 0 Å². The van der Waals surface area contributed by atoms with Gasteiger partial charge < -0.3 is 14.6 Å². The highest BCUT2D eigenvalue weighted by molar-refractivity contribution is 6.03. The number of aromatic nitrogens is 3. The summed E-state index contributed by atoms with van der Waals surface area (Å²) in [6, 6.07) is 8.10. The van der Waals surface area contributed by atoms with Gasteiger partial charge in [0.2, 0.25) is 0 Å². The molecule has 1 aromatic carbocycles. The molecule has 2 heterocycles. The quantitative estimate of drug-likeness (QED) is 0.637. The molecule has 0 spiro atoms. The van der Waals surface area contributed by atoms with Gasteiger partial charge in [0.15, 0.2) is 17.6 Å². The van der Waals surface area contributed by atoms with Gasteiger partial charge >= 0.3 is 5.97 Å². The SMILES string of the molecule is CCC[C@@H](OC(=O)c1n[nH]c(=O)c2ccccc12)C(=O)Nc1cc(C)on1. The van der Waals surface area contributed by atoms with E-state index in [1.807, 2.05) is 6.92 Å². The molecule has 0 unspecified atom stereocenters. The van der Waals surface area contributed by atoms with Crippen LogP contribution in [-0.2, 0) is 9.53 Å². The molecule has 3 rings (SSSR count). The Bertz CT molecular complexity index is 1040. The third kappa shape index (κ3) is 4.02. The maximum Gasteiger partial charge on any atom is 0.360 e. The van der Waals surface area contributed by atoms with Crippen LogP contribution < -0.4 is 10.9 Å².